The van der Waals surface area contributed by atoms with Crippen molar-refractivity contribution < 1.29 is 23.5 Å². The van der Waals surface area contributed by atoms with E-state index in [-0.39, 0.29) is 12.2 Å². The van der Waals surface area contributed by atoms with Crippen LogP contribution in [-0.2, 0) is 16.1 Å². The number of rotatable bonds is 24. The van der Waals surface area contributed by atoms with Gasteiger partial charge in [-0.15, -0.1) is 0 Å². The third kappa shape index (κ3) is 15.8. The molecule has 1 aliphatic rings. The maximum atomic E-state index is 12.7. The van der Waals surface area contributed by atoms with E-state index in [4.69, 9.17) is 14.2 Å². The zero-order valence-corrected chi connectivity index (χ0v) is 32.0. The Bertz CT molecular complexity index is 1370. The van der Waals surface area contributed by atoms with Gasteiger partial charge in [-0.05, 0) is 75.6 Å². The molecule has 51 heavy (non-hydrogen) atoms. The van der Waals surface area contributed by atoms with Gasteiger partial charge >= 0.3 is 6.09 Å². The number of benzene rings is 3. The highest BCUT2D eigenvalue weighted by Gasteiger charge is 2.22. The highest BCUT2D eigenvalue weighted by molar-refractivity contribution is 5.91. The van der Waals surface area contributed by atoms with Crippen molar-refractivity contribution in [3.63, 3.8) is 0 Å². The number of para-hydroxylation sites is 2. The lowest BCUT2D eigenvalue weighted by Crippen LogP contribution is -2.41. The van der Waals surface area contributed by atoms with Gasteiger partial charge < -0.3 is 23.6 Å². The summed E-state index contributed by atoms with van der Waals surface area (Å²) in [5, 5.41) is 2.98. The molecular formula is C44H66N3O4+. The number of unbranched alkanes of at least 4 members (excludes halogenated alkanes) is 10. The molecule has 1 aliphatic heterocycles. The molecule has 3 aromatic rings. The van der Waals surface area contributed by atoms with Crippen LogP contribution in [0.4, 0.5) is 10.5 Å². The fourth-order valence-corrected chi connectivity index (χ4v) is 7.15. The first kappa shape index (κ1) is 40.4. The van der Waals surface area contributed by atoms with E-state index in [0.717, 1.165) is 78.1 Å². The number of nitrogens with one attached hydrogen (secondary N) is 1. The molecule has 0 unspecified atom stereocenters. The van der Waals surface area contributed by atoms with E-state index in [1.54, 1.807) is 7.11 Å². The predicted molar refractivity (Wildman–Crippen MR) is 211 cm³/mol. The first-order valence-electron chi connectivity index (χ1n) is 19.8. The molecule has 4 rings (SSSR count). The van der Waals surface area contributed by atoms with Crippen molar-refractivity contribution in [1.29, 1.82) is 0 Å². The molecule has 1 saturated heterocycles. The summed E-state index contributed by atoms with van der Waals surface area (Å²) in [6, 6.07) is 26.1. The highest BCUT2D eigenvalue weighted by atomic mass is 16.6. The average molecular weight is 701 g/mol. The Kier molecular flexibility index (Phi) is 18.4. The largest absolute Gasteiger partial charge is 0.496 e. The topological polar surface area (TPSA) is 60.0 Å². The van der Waals surface area contributed by atoms with Crippen molar-refractivity contribution in [3.05, 3.63) is 84.4 Å². The van der Waals surface area contributed by atoms with Gasteiger partial charge in [0.25, 0.3) is 0 Å². The van der Waals surface area contributed by atoms with Crippen molar-refractivity contribution in [3.8, 4) is 16.9 Å². The Morgan fingerprint density at radius 2 is 1.31 bits per heavy atom. The molecule has 7 heteroatoms. The predicted octanol–water partition coefficient (Wildman–Crippen LogP) is 10.3. The summed E-state index contributed by atoms with van der Waals surface area (Å²) >= 11 is 0. The third-order valence-electron chi connectivity index (χ3n) is 10.3. The van der Waals surface area contributed by atoms with Crippen LogP contribution in [0.25, 0.3) is 11.1 Å². The summed E-state index contributed by atoms with van der Waals surface area (Å²) in [6.45, 7) is 7.18. The van der Waals surface area contributed by atoms with Gasteiger partial charge in [-0.1, -0.05) is 105 Å². The molecule has 1 heterocycles. The van der Waals surface area contributed by atoms with Crippen LogP contribution >= 0.6 is 0 Å². The molecule has 1 fully saturated rings. The summed E-state index contributed by atoms with van der Waals surface area (Å²) in [7, 11) is 6.51. The molecule has 0 radical (unpaired) electrons. The average Bonchev–Trinajstić information content (AvgIpc) is 3.14. The Morgan fingerprint density at radius 3 is 2.02 bits per heavy atom. The third-order valence-corrected chi connectivity index (χ3v) is 10.3. The van der Waals surface area contributed by atoms with Crippen molar-refractivity contribution >= 4 is 11.8 Å². The van der Waals surface area contributed by atoms with E-state index in [9.17, 15) is 4.79 Å². The number of carbonyl (C=O) groups is 1. The smallest absolute Gasteiger partial charge is 0.411 e. The fourth-order valence-electron chi connectivity index (χ4n) is 7.15. The van der Waals surface area contributed by atoms with Crippen molar-refractivity contribution in [2.75, 3.05) is 65.9 Å². The molecular weight excluding hydrogens is 635 g/mol. The van der Waals surface area contributed by atoms with Gasteiger partial charge in [0.2, 0.25) is 0 Å². The van der Waals surface area contributed by atoms with E-state index in [2.05, 4.69) is 42.5 Å². The lowest BCUT2D eigenvalue weighted by molar-refractivity contribution is -0.890. The summed E-state index contributed by atoms with van der Waals surface area (Å²) in [4.78, 5) is 15.3. The van der Waals surface area contributed by atoms with Gasteiger partial charge in [0.15, 0.2) is 0 Å². The normalized spacial score (nSPS) is 14.0. The van der Waals surface area contributed by atoms with E-state index >= 15 is 0 Å². The zero-order chi connectivity index (χ0) is 36.0. The van der Waals surface area contributed by atoms with Crippen LogP contribution in [0.15, 0.2) is 78.9 Å². The number of likely N-dealkylation sites (tertiary alicyclic amines) is 1. The number of piperidine rings is 1. The fraction of sp³-hybridized carbons (Fsp3) is 0.568. The van der Waals surface area contributed by atoms with Gasteiger partial charge in [-0.25, -0.2) is 4.79 Å². The first-order chi connectivity index (χ1) is 24.9. The van der Waals surface area contributed by atoms with Crippen LogP contribution < -0.4 is 10.1 Å². The maximum Gasteiger partial charge on any atom is 0.411 e. The number of nitrogens with zero attached hydrogens (tertiary/aromatic N) is 2. The number of hydrogen-bond donors (Lipinski definition) is 1. The Balaban J connectivity index is 0.923. The van der Waals surface area contributed by atoms with Gasteiger partial charge in [0, 0.05) is 30.8 Å². The minimum atomic E-state index is -0.356. The Morgan fingerprint density at radius 1 is 0.725 bits per heavy atom. The van der Waals surface area contributed by atoms with E-state index in [1.807, 2.05) is 60.7 Å². The highest BCUT2D eigenvalue weighted by Crippen LogP contribution is 2.28. The molecule has 0 aliphatic carbocycles. The number of methoxy groups -OCH3 is 1. The van der Waals surface area contributed by atoms with Crippen LogP contribution in [0.5, 0.6) is 5.75 Å². The molecule has 0 saturated carbocycles. The number of carbonyl (C=O) groups excluding carboxylic acids is 1. The Hall–Kier alpha value is -3.39. The van der Waals surface area contributed by atoms with Gasteiger partial charge in [0.05, 0.1) is 46.6 Å². The number of ether oxygens (including phenoxy) is 3. The molecule has 0 aromatic heterocycles. The Labute approximate surface area is 309 Å². The van der Waals surface area contributed by atoms with Crippen molar-refractivity contribution in [2.45, 2.75) is 103 Å². The molecule has 1 N–H and O–H groups in total. The van der Waals surface area contributed by atoms with E-state index in [1.165, 1.54) is 83.7 Å². The molecule has 1 amide bonds. The molecule has 0 bridgehead atoms. The molecule has 280 valence electrons. The molecule has 0 spiro atoms. The first-order valence-corrected chi connectivity index (χ1v) is 19.8. The lowest BCUT2D eigenvalue weighted by atomic mass is 10.0. The number of hydrogen-bond acceptors (Lipinski definition) is 5. The lowest BCUT2D eigenvalue weighted by Gasteiger charge is -2.31. The summed E-state index contributed by atoms with van der Waals surface area (Å²) in [6.07, 6.45) is 17.1. The molecule has 7 nitrogen and oxygen atoms in total. The van der Waals surface area contributed by atoms with Gasteiger partial charge in [-0.3, -0.25) is 5.32 Å². The van der Waals surface area contributed by atoms with Crippen LogP contribution in [-0.4, -0.2) is 82.1 Å². The number of quaternary nitrogens is 1. The monoisotopic (exact) mass is 701 g/mol. The number of amides is 1. The standard InChI is InChI=1S/C44H65N3O4/c1-47(2,35-21-10-11-22-36-50-37-39-25-15-18-28-43(39)49-3)34-20-9-7-5-4-6-8-19-31-46-32-29-40(30-33-46)51-44(48)45-42-27-17-16-26-41(42)38-23-13-12-14-24-38/h12-18,23-28,40H,4-11,19-22,29-37H2,1-3H3/p+1. The summed E-state index contributed by atoms with van der Waals surface area (Å²) in [5.41, 5.74) is 3.98. The van der Waals surface area contributed by atoms with E-state index < -0.39 is 0 Å². The van der Waals surface area contributed by atoms with Gasteiger partial charge in [0.1, 0.15) is 11.9 Å². The summed E-state index contributed by atoms with van der Waals surface area (Å²) < 4.78 is 18.3. The van der Waals surface area contributed by atoms with Crippen LogP contribution in [0, 0.1) is 0 Å². The van der Waals surface area contributed by atoms with Crippen LogP contribution in [0.2, 0.25) is 0 Å². The van der Waals surface area contributed by atoms with Crippen molar-refractivity contribution in [1.82, 2.24) is 4.90 Å². The number of anilines is 1. The van der Waals surface area contributed by atoms with Crippen LogP contribution in [0.3, 0.4) is 0 Å². The SMILES string of the molecule is COc1ccccc1COCCCCCC[N+](C)(C)CCCCCCCCCCN1CCC(OC(=O)Nc2ccccc2-c2ccccc2)CC1. The minimum absolute atomic E-state index is 0.0123. The maximum absolute atomic E-state index is 12.7. The molecule has 3 aromatic carbocycles. The van der Waals surface area contributed by atoms with Crippen molar-refractivity contribution in [2.24, 2.45) is 0 Å². The quantitative estimate of drug-likeness (QED) is 0.0745. The second-order valence-electron chi connectivity index (χ2n) is 15.0. The van der Waals surface area contributed by atoms with Crippen LogP contribution in [0.1, 0.15) is 95.5 Å². The van der Waals surface area contributed by atoms with Gasteiger partial charge in [-0.2, -0.15) is 0 Å². The molecule has 0 atom stereocenters. The minimum Gasteiger partial charge on any atom is -0.496 e. The van der Waals surface area contributed by atoms with E-state index in [0.29, 0.717) is 6.61 Å². The second kappa shape index (κ2) is 23.2. The summed E-state index contributed by atoms with van der Waals surface area (Å²) in [5.74, 6) is 0.909. The second-order valence-corrected chi connectivity index (χ2v) is 15.0. The zero-order valence-electron chi connectivity index (χ0n) is 32.0.